The van der Waals surface area contributed by atoms with Crippen LogP contribution in [0.4, 0.5) is 11.4 Å². The zero-order valence-electron chi connectivity index (χ0n) is 64.1. The predicted molar refractivity (Wildman–Crippen MR) is 425 cm³/mol. The van der Waals surface area contributed by atoms with Crippen LogP contribution in [0.2, 0.25) is 0 Å². The molecular formula is C68H93N10O32P4S4+. The molecule has 2 saturated heterocycles. The summed E-state index contributed by atoms with van der Waals surface area (Å²) >= 11 is 0. The molecule has 0 bridgehead atoms. The lowest BCUT2D eigenvalue weighted by Gasteiger charge is -2.25. The number of unbranched alkanes of at least 4 members (excludes halogenated alkanes) is 4. The van der Waals surface area contributed by atoms with E-state index in [2.05, 4.69) is 60.7 Å². The van der Waals surface area contributed by atoms with Crippen molar-refractivity contribution in [3.8, 4) is 11.8 Å². The molecule has 0 saturated carbocycles. The summed E-state index contributed by atoms with van der Waals surface area (Å²) in [7, 11) is -28.7. The quantitative estimate of drug-likeness (QED) is 0.00577. The standard InChI is InChI=1S/C68H92N10O32P4S4/c1-6-75-49-24-22-44(117(99,100)101)33-46(49)67(2,3)55(75)18-10-7-11-19-56-68(4,5)47-34-45(118(102,103)104)23-25-50(47)76(56)31-15-9-13-21-59(83)72-48(64(86)71-28-14-8-12-20-57(81)70-30-26-43-38-78(66(88)74-63(43)85)61-35-51(79)53(107-61)39-105-111(89,90)91)41-116-115-32-27-58(82)69-29-16-17-42-37-77(65(87)73-62(42)84)60-36-52(80)54(108-60)40-106-113(95,96)110-114(97,98)109-112(92,93)94/h7,10-11,18-19,22-25,33-34,37-38,48,51-54,60-61,79-80H,6,8-9,12-15,20-21,26-32,35-36,39-41H2,1-5H3,(H13-,69,70,71,72,73,74,81,82,83,84,85,86,87,88,89,90,91,92,93,94,95,96,97,98,99,100,101,102,103,104)/p+1. The maximum Gasteiger partial charge on any atom is 0.490 e. The maximum atomic E-state index is 13.9. The smallest absolute Gasteiger partial charge is 0.390 e. The average molecular weight is 1810 g/mol. The number of fused-ring (bicyclic) bond motifs is 2. The van der Waals surface area contributed by atoms with Gasteiger partial charge in [-0.2, -0.15) is 30.0 Å². The number of nitrogens with zero attached hydrogens (tertiary/aromatic N) is 4. The van der Waals surface area contributed by atoms with Gasteiger partial charge in [-0.05, 0) is 94.8 Å². The number of carbonyl (C=O) groups excluding carboxylic acids is 4. The number of benzene rings is 2. The highest BCUT2D eigenvalue weighted by Crippen LogP contribution is 2.66. The molecule has 650 valence electrons. The predicted octanol–water partition coefficient (Wildman–Crippen LogP) is 2.84. The number of aliphatic hydroxyl groups excluding tert-OH is 2. The molecule has 42 nitrogen and oxygen atoms in total. The van der Waals surface area contributed by atoms with Gasteiger partial charge in [0.05, 0.1) is 47.2 Å². The molecule has 4 aromatic rings. The number of ether oxygens (including phenoxy) is 2. The fourth-order valence-electron chi connectivity index (χ4n) is 13.2. The summed E-state index contributed by atoms with van der Waals surface area (Å²) in [6, 6.07) is 7.80. The van der Waals surface area contributed by atoms with E-state index in [1.165, 1.54) is 52.1 Å². The number of amides is 4. The van der Waals surface area contributed by atoms with Gasteiger partial charge in [0, 0.05) is 122 Å². The summed E-state index contributed by atoms with van der Waals surface area (Å²) in [5.41, 5.74) is -0.741. The van der Waals surface area contributed by atoms with Crippen LogP contribution in [-0.2, 0) is 102 Å². The van der Waals surface area contributed by atoms with E-state index in [9.17, 15) is 103 Å². The van der Waals surface area contributed by atoms with E-state index < -0.39 is 159 Å². The van der Waals surface area contributed by atoms with E-state index in [1.54, 1.807) is 12.1 Å². The van der Waals surface area contributed by atoms with Crippen molar-refractivity contribution >= 4 is 114 Å². The van der Waals surface area contributed by atoms with Crippen molar-refractivity contribution in [1.82, 2.24) is 40.4 Å². The van der Waals surface area contributed by atoms with Crippen molar-refractivity contribution < 1.29 is 135 Å². The van der Waals surface area contributed by atoms with Crippen molar-refractivity contribution in [2.45, 2.75) is 175 Å². The Morgan fingerprint density at radius 1 is 0.678 bits per heavy atom. The van der Waals surface area contributed by atoms with Gasteiger partial charge in [-0.15, -0.1) is 0 Å². The number of aromatic nitrogens is 4. The summed E-state index contributed by atoms with van der Waals surface area (Å²) in [6.45, 7) is 8.80. The molecule has 50 heteroatoms. The van der Waals surface area contributed by atoms with Crippen LogP contribution in [0.15, 0.2) is 114 Å². The van der Waals surface area contributed by atoms with Crippen LogP contribution < -0.4 is 48.7 Å². The van der Waals surface area contributed by atoms with Crippen LogP contribution in [-0.4, -0.2) is 206 Å². The molecule has 2 aromatic heterocycles. The highest BCUT2D eigenvalue weighted by molar-refractivity contribution is 8.76. The first-order valence-electron chi connectivity index (χ1n) is 36.5. The van der Waals surface area contributed by atoms with Crippen LogP contribution in [0.25, 0.3) is 0 Å². The molecule has 0 spiro atoms. The van der Waals surface area contributed by atoms with E-state index in [1.807, 2.05) is 74.6 Å². The van der Waals surface area contributed by atoms with Crippen molar-refractivity contribution in [3.05, 3.63) is 149 Å². The fraction of sp³-hybridized carbons (Fsp3) is 0.515. The summed E-state index contributed by atoms with van der Waals surface area (Å²) in [5, 5.41) is 31.9. The number of hydrogen-bond donors (Lipinski definition) is 16. The number of anilines is 1. The second-order valence-corrected chi connectivity index (χ2v) is 39.4. The van der Waals surface area contributed by atoms with Gasteiger partial charge in [0.2, 0.25) is 29.3 Å². The summed E-state index contributed by atoms with van der Waals surface area (Å²) in [6.07, 6.45) is 5.61. The molecular weight excluding hydrogens is 1720 g/mol. The van der Waals surface area contributed by atoms with Gasteiger partial charge < -0.3 is 75.2 Å². The number of nitrogens with one attached hydrogen (secondary N) is 6. The van der Waals surface area contributed by atoms with Crippen molar-refractivity contribution in [3.63, 3.8) is 0 Å². The molecule has 2 fully saturated rings. The lowest BCUT2D eigenvalue weighted by Crippen LogP contribution is -2.48. The number of hydrogen-bond acceptors (Lipinski definition) is 27. The molecule has 4 aliphatic heterocycles. The number of phosphoric ester groups is 2. The maximum absolute atomic E-state index is 13.9. The van der Waals surface area contributed by atoms with E-state index in [4.69, 9.17) is 29.0 Å². The van der Waals surface area contributed by atoms with Crippen molar-refractivity contribution in [1.29, 1.82) is 0 Å². The number of phosphoric acid groups is 4. The zero-order chi connectivity index (χ0) is 87.1. The Hall–Kier alpha value is -7.19. The first kappa shape index (κ1) is 96.3. The van der Waals surface area contributed by atoms with Gasteiger partial charge in [0.1, 0.15) is 42.8 Å². The molecule has 16 N–H and O–H groups in total. The van der Waals surface area contributed by atoms with E-state index in [-0.39, 0.29) is 96.5 Å². The Morgan fingerprint density at radius 3 is 1.90 bits per heavy atom. The van der Waals surface area contributed by atoms with Crippen LogP contribution in [0.5, 0.6) is 0 Å². The van der Waals surface area contributed by atoms with E-state index in [0.717, 1.165) is 38.0 Å². The first-order chi connectivity index (χ1) is 55.1. The second-order valence-electron chi connectivity index (χ2n) is 28.3. The molecule has 2 aromatic carbocycles. The number of aromatic amines is 2. The third kappa shape index (κ3) is 27.4. The van der Waals surface area contributed by atoms with Crippen molar-refractivity contribution in [2.75, 3.05) is 62.3 Å². The molecule has 8 rings (SSSR count). The first-order valence-corrected chi connectivity index (χ1v) is 47.9. The molecule has 6 heterocycles. The number of H-pyrrole nitrogens is 2. The van der Waals surface area contributed by atoms with E-state index in [0.29, 0.717) is 62.9 Å². The van der Waals surface area contributed by atoms with E-state index >= 15 is 0 Å². The number of allylic oxidation sites excluding steroid dienone is 6. The average Bonchev–Trinajstić information content (AvgIpc) is 1.59. The Kier molecular flexibility index (Phi) is 33.5. The Morgan fingerprint density at radius 2 is 1.27 bits per heavy atom. The minimum absolute atomic E-state index is 0.00358. The number of aliphatic hydroxyl groups is 2. The summed E-state index contributed by atoms with van der Waals surface area (Å²) in [5.74, 6) is 3.50. The Bertz CT molecular complexity index is 5300. The second kappa shape index (κ2) is 41.1. The fourth-order valence-corrected chi connectivity index (χ4v) is 19.7. The minimum atomic E-state index is -5.86. The highest BCUT2D eigenvalue weighted by atomic mass is 33.1. The normalized spacial score (nSPS) is 20.8. The SMILES string of the molecule is CCN1/C(=C/C=C/C=C/C2=[N+](CCCCCC(=O)NC(CSSCCC(=O)NCC#Cc3cn(C4CC(O)C(COP(=O)(O)OP(=O)(O)OP(=O)(O)O)O4)c(=O)[nH]c3=O)C(=O)NCCCCCC(=O)NCCc3cn(C4CC(O)C(COP(=O)(O)O)O4)c(=O)[nH]c3=O)c3ccc(S(=O)(=O)O)cc3C2(C)C)C(C)(C)c2cc(S(=O)(=O)O)ccc21. The lowest BCUT2D eigenvalue weighted by atomic mass is 9.81. The minimum Gasteiger partial charge on any atom is -0.390 e. The molecule has 0 aliphatic carbocycles. The number of carbonyl (C=O) groups is 4. The number of rotatable bonds is 42. The summed E-state index contributed by atoms with van der Waals surface area (Å²) < 4.78 is 146. The lowest BCUT2D eigenvalue weighted by molar-refractivity contribution is -0.438. The van der Waals surface area contributed by atoms with Gasteiger partial charge in [-0.1, -0.05) is 71.9 Å². The topological polar surface area (TPSA) is 627 Å². The van der Waals surface area contributed by atoms with Crippen LogP contribution in [0, 0.1) is 11.8 Å². The zero-order valence-corrected chi connectivity index (χ0v) is 70.9. The molecule has 9 atom stereocenters. The Balaban J connectivity index is 0.846. The summed E-state index contributed by atoms with van der Waals surface area (Å²) in [4.78, 5) is 165. The van der Waals surface area contributed by atoms with Crippen LogP contribution in [0.1, 0.15) is 140 Å². The molecule has 9 unspecified atom stereocenters. The van der Waals surface area contributed by atoms with Gasteiger partial charge in [0.15, 0.2) is 5.71 Å². The third-order valence-corrected chi connectivity index (χ3v) is 27.4. The van der Waals surface area contributed by atoms with Crippen molar-refractivity contribution in [2.24, 2.45) is 0 Å². The largest absolute Gasteiger partial charge is 0.490 e. The number of likely N-dealkylation sites (N-methyl/N-ethyl adjacent to an activating group) is 1. The van der Waals surface area contributed by atoms with Crippen LogP contribution >= 0.6 is 52.9 Å². The molecule has 118 heavy (non-hydrogen) atoms. The molecule has 4 aliphatic rings. The van der Waals surface area contributed by atoms with Gasteiger partial charge in [-0.25, -0.2) is 27.8 Å². The monoisotopic (exact) mass is 1810 g/mol. The van der Waals surface area contributed by atoms with Gasteiger partial charge in [-0.3, -0.25) is 66.0 Å². The highest BCUT2D eigenvalue weighted by Gasteiger charge is 2.47. The molecule has 0 radical (unpaired) electrons. The molecule has 4 amide bonds. The van der Waals surface area contributed by atoms with Crippen LogP contribution in [0.3, 0.4) is 0 Å². The van der Waals surface area contributed by atoms with Gasteiger partial charge >= 0.3 is 42.7 Å². The Labute approximate surface area is 683 Å². The third-order valence-electron chi connectivity index (χ3n) is 19.0. The van der Waals surface area contributed by atoms with Gasteiger partial charge in [0.25, 0.3) is 31.4 Å².